The van der Waals surface area contributed by atoms with Gasteiger partial charge < -0.3 is 14.7 Å². The molecule has 1 N–H and O–H groups in total. The van der Waals surface area contributed by atoms with E-state index in [1.165, 1.54) is 5.56 Å². The predicted octanol–water partition coefficient (Wildman–Crippen LogP) is 1.50. The molecule has 0 amide bonds. The molecule has 1 saturated heterocycles. The van der Waals surface area contributed by atoms with Crippen molar-refractivity contribution in [3.63, 3.8) is 0 Å². The minimum absolute atomic E-state index is 0.122. The van der Waals surface area contributed by atoms with Gasteiger partial charge in [-0.1, -0.05) is 6.07 Å². The monoisotopic (exact) mass is 264 g/mol. The van der Waals surface area contributed by atoms with Gasteiger partial charge in [0, 0.05) is 19.1 Å². The molecule has 106 valence electrons. The van der Waals surface area contributed by atoms with Crippen molar-refractivity contribution in [2.24, 2.45) is 0 Å². The Kier molecular flexibility index (Phi) is 4.32. The van der Waals surface area contributed by atoms with E-state index in [1.54, 1.807) is 7.11 Å². The van der Waals surface area contributed by atoms with Gasteiger partial charge in [0.05, 0.1) is 25.4 Å². The minimum atomic E-state index is 0.122. The van der Waals surface area contributed by atoms with E-state index in [-0.39, 0.29) is 12.6 Å². The number of aliphatic hydroxyl groups excluding tert-OH is 1. The Hall–Kier alpha value is -1.26. The van der Waals surface area contributed by atoms with E-state index >= 15 is 0 Å². The number of likely N-dealkylation sites (N-methyl/N-ethyl adjacent to an activating group) is 1. The molecule has 1 aliphatic heterocycles. The molecule has 2 rings (SSSR count). The lowest BCUT2D eigenvalue weighted by Crippen LogP contribution is -2.57. The molecule has 0 bridgehead atoms. The number of piperazine rings is 1. The highest BCUT2D eigenvalue weighted by atomic mass is 16.5. The first-order valence-corrected chi connectivity index (χ1v) is 6.79. The standard InChI is InChI=1S/C15H24N2O2/c1-11-5-6-15(19-4)14(7-11)17-8-12(2)16(3)9-13(17)10-18/h5-7,12-13,18H,8-10H2,1-4H3. The number of methoxy groups -OCH3 is 1. The van der Waals surface area contributed by atoms with Crippen molar-refractivity contribution in [1.82, 2.24) is 4.90 Å². The molecule has 0 radical (unpaired) electrons. The van der Waals surface area contributed by atoms with Crippen molar-refractivity contribution in [2.45, 2.75) is 25.9 Å². The molecule has 2 unspecified atom stereocenters. The van der Waals surface area contributed by atoms with Crippen LogP contribution in [0.1, 0.15) is 12.5 Å². The van der Waals surface area contributed by atoms with Crippen molar-refractivity contribution in [3.05, 3.63) is 23.8 Å². The second-order valence-corrected chi connectivity index (χ2v) is 5.45. The Bertz CT molecular complexity index is 436. The van der Waals surface area contributed by atoms with Crippen LogP contribution in [0.25, 0.3) is 0 Å². The molecule has 1 fully saturated rings. The van der Waals surface area contributed by atoms with Crippen molar-refractivity contribution >= 4 is 5.69 Å². The van der Waals surface area contributed by atoms with Crippen LogP contribution in [-0.2, 0) is 0 Å². The van der Waals surface area contributed by atoms with E-state index in [1.807, 2.05) is 6.07 Å². The molecule has 1 aromatic rings. The van der Waals surface area contributed by atoms with Crippen LogP contribution in [0.5, 0.6) is 5.75 Å². The van der Waals surface area contributed by atoms with Crippen molar-refractivity contribution in [1.29, 1.82) is 0 Å². The van der Waals surface area contributed by atoms with Gasteiger partial charge in [-0.25, -0.2) is 0 Å². The van der Waals surface area contributed by atoms with Crippen LogP contribution in [0.15, 0.2) is 18.2 Å². The first-order chi connectivity index (χ1) is 9.06. The predicted molar refractivity (Wildman–Crippen MR) is 78.0 cm³/mol. The van der Waals surface area contributed by atoms with Gasteiger partial charge in [-0.05, 0) is 38.6 Å². The highest BCUT2D eigenvalue weighted by Crippen LogP contribution is 2.32. The molecule has 0 spiro atoms. The zero-order chi connectivity index (χ0) is 14.0. The lowest BCUT2D eigenvalue weighted by Gasteiger charge is -2.44. The van der Waals surface area contributed by atoms with Gasteiger partial charge in [0.25, 0.3) is 0 Å². The van der Waals surface area contributed by atoms with Crippen molar-refractivity contribution < 1.29 is 9.84 Å². The Labute approximate surface area is 115 Å². The van der Waals surface area contributed by atoms with Crippen molar-refractivity contribution in [3.8, 4) is 5.75 Å². The van der Waals surface area contributed by atoms with E-state index in [4.69, 9.17) is 4.74 Å². The third-order valence-corrected chi connectivity index (χ3v) is 4.01. The average molecular weight is 264 g/mol. The average Bonchev–Trinajstić information content (AvgIpc) is 2.41. The fraction of sp³-hybridized carbons (Fsp3) is 0.600. The summed E-state index contributed by atoms with van der Waals surface area (Å²) in [6.45, 7) is 6.23. The van der Waals surface area contributed by atoms with Crippen LogP contribution in [0.3, 0.4) is 0 Å². The van der Waals surface area contributed by atoms with Gasteiger partial charge in [0.1, 0.15) is 5.75 Å². The quantitative estimate of drug-likeness (QED) is 0.897. The Morgan fingerprint density at radius 1 is 1.37 bits per heavy atom. The molecule has 0 aliphatic carbocycles. The van der Waals surface area contributed by atoms with E-state index in [0.29, 0.717) is 6.04 Å². The third kappa shape index (κ3) is 2.85. The maximum atomic E-state index is 9.65. The number of aliphatic hydroxyl groups is 1. The van der Waals surface area contributed by atoms with Gasteiger partial charge in [-0.15, -0.1) is 0 Å². The fourth-order valence-electron chi connectivity index (χ4n) is 2.66. The SMILES string of the molecule is COc1ccc(C)cc1N1CC(C)N(C)CC1CO. The molecule has 0 saturated carbocycles. The summed E-state index contributed by atoms with van der Waals surface area (Å²) >= 11 is 0. The van der Waals surface area contributed by atoms with Crippen LogP contribution in [-0.4, -0.2) is 55.9 Å². The minimum Gasteiger partial charge on any atom is -0.495 e. The molecular formula is C15H24N2O2. The van der Waals surface area contributed by atoms with Crippen LogP contribution in [0.4, 0.5) is 5.69 Å². The van der Waals surface area contributed by atoms with Gasteiger partial charge in [0.15, 0.2) is 0 Å². The summed E-state index contributed by atoms with van der Waals surface area (Å²) in [5.74, 6) is 0.876. The summed E-state index contributed by atoms with van der Waals surface area (Å²) in [4.78, 5) is 4.57. The van der Waals surface area contributed by atoms with Crippen LogP contribution in [0, 0.1) is 6.92 Å². The number of hydrogen-bond acceptors (Lipinski definition) is 4. The zero-order valence-corrected chi connectivity index (χ0v) is 12.3. The second kappa shape index (κ2) is 5.80. The smallest absolute Gasteiger partial charge is 0.142 e. The topological polar surface area (TPSA) is 35.9 Å². The zero-order valence-electron chi connectivity index (χ0n) is 12.3. The fourth-order valence-corrected chi connectivity index (χ4v) is 2.66. The maximum absolute atomic E-state index is 9.65. The number of aryl methyl sites for hydroxylation is 1. The molecule has 4 nitrogen and oxygen atoms in total. The van der Waals surface area contributed by atoms with E-state index < -0.39 is 0 Å². The lowest BCUT2D eigenvalue weighted by atomic mass is 10.1. The lowest BCUT2D eigenvalue weighted by molar-refractivity contribution is 0.154. The van der Waals surface area contributed by atoms with Crippen LogP contribution >= 0.6 is 0 Å². The van der Waals surface area contributed by atoms with Gasteiger partial charge in [-0.2, -0.15) is 0 Å². The van der Waals surface area contributed by atoms with Gasteiger partial charge >= 0.3 is 0 Å². The first-order valence-electron chi connectivity index (χ1n) is 6.79. The first kappa shape index (κ1) is 14.2. The maximum Gasteiger partial charge on any atom is 0.142 e. The van der Waals surface area contributed by atoms with E-state index in [9.17, 15) is 5.11 Å². The number of ether oxygens (including phenoxy) is 1. The number of nitrogens with zero attached hydrogens (tertiary/aromatic N) is 2. The summed E-state index contributed by atoms with van der Waals surface area (Å²) in [6.07, 6.45) is 0. The van der Waals surface area contributed by atoms with Gasteiger partial charge in [0.2, 0.25) is 0 Å². The second-order valence-electron chi connectivity index (χ2n) is 5.45. The molecule has 1 aromatic carbocycles. The van der Waals surface area contributed by atoms with Crippen LogP contribution in [0.2, 0.25) is 0 Å². The molecular weight excluding hydrogens is 240 g/mol. The molecule has 4 heteroatoms. The summed E-state index contributed by atoms with van der Waals surface area (Å²) in [7, 11) is 3.81. The number of hydrogen-bond donors (Lipinski definition) is 1. The summed E-state index contributed by atoms with van der Waals surface area (Å²) in [5, 5.41) is 9.65. The van der Waals surface area contributed by atoms with Crippen LogP contribution < -0.4 is 9.64 Å². The number of benzene rings is 1. The van der Waals surface area contributed by atoms with Gasteiger partial charge in [-0.3, -0.25) is 4.90 Å². The molecule has 1 aliphatic rings. The summed E-state index contributed by atoms with van der Waals surface area (Å²) < 4.78 is 5.47. The highest BCUT2D eigenvalue weighted by molar-refractivity contribution is 5.61. The summed E-state index contributed by atoms with van der Waals surface area (Å²) in [5.41, 5.74) is 2.29. The number of anilines is 1. The molecule has 1 heterocycles. The van der Waals surface area contributed by atoms with E-state index in [2.05, 4.69) is 42.8 Å². The Morgan fingerprint density at radius 3 is 2.74 bits per heavy atom. The van der Waals surface area contributed by atoms with E-state index in [0.717, 1.165) is 24.5 Å². The Morgan fingerprint density at radius 2 is 2.11 bits per heavy atom. The summed E-state index contributed by atoms with van der Waals surface area (Å²) in [6, 6.07) is 6.78. The third-order valence-electron chi connectivity index (χ3n) is 4.01. The largest absolute Gasteiger partial charge is 0.495 e. The Balaban J connectivity index is 2.35. The highest BCUT2D eigenvalue weighted by Gasteiger charge is 2.30. The normalized spacial score (nSPS) is 24.6. The van der Waals surface area contributed by atoms with Crippen molar-refractivity contribution in [2.75, 3.05) is 38.8 Å². The number of rotatable bonds is 3. The molecule has 19 heavy (non-hydrogen) atoms. The molecule has 2 atom stereocenters. The molecule has 0 aromatic heterocycles.